The van der Waals surface area contributed by atoms with Gasteiger partial charge < -0.3 is 14.3 Å². The largest absolute Gasteiger partial charge is 0.497 e. The third-order valence-electron chi connectivity index (χ3n) is 2.67. The maximum absolute atomic E-state index is 10.6. The second kappa shape index (κ2) is 8.73. The van der Waals surface area contributed by atoms with E-state index >= 15 is 0 Å². The first-order chi connectivity index (χ1) is 9.15. The van der Waals surface area contributed by atoms with E-state index in [0.29, 0.717) is 24.5 Å². The van der Waals surface area contributed by atoms with Crippen LogP contribution in [0.25, 0.3) is 0 Å². The van der Waals surface area contributed by atoms with Crippen molar-refractivity contribution in [1.29, 1.82) is 0 Å². The van der Waals surface area contributed by atoms with Crippen molar-refractivity contribution in [2.24, 2.45) is 0 Å². The fourth-order valence-electron chi connectivity index (χ4n) is 1.57. The lowest BCUT2D eigenvalue weighted by Crippen LogP contribution is -2.12. The van der Waals surface area contributed by atoms with E-state index in [4.69, 9.17) is 21.1 Å². The van der Waals surface area contributed by atoms with Crippen LogP contribution < -0.4 is 4.74 Å². The molecule has 0 aliphatic carbocycles. The molecule has 1 aromatic carbocycles. The number of hydrogen-bond donors (Lipinski definition) is 0. The van der Waals surface area contributed by atoms with Crippen LogP contribution in [0.3, 0.4) is 0 Å². The highest BCUT2D eigenvalue weighted by Gasteiger charge is 2.07. The molecule has 0 saturated carbocycles. The van der Waals surface area contributed by atoms with Crippen molar-refractivity contribution in [2.75, 3.05) is 7.11 Å². The second-order valence-electron chi connectivity index (χ2n) is 4.21. The topological polar surface area (TPSA) is 35.5 Å². The summed E-state index contributed by atoms with van der Waals surface area (Å²) < 4.78 is 10.8. The van der Waals surface area contributed by atoms with E-state index in [0.717, 1.165) is 17.6 Å². The fraction of sp³-hybridized carbons (Fsp3) is 0.400. The molecule has 4 heteroatoms. The zero-order valence-corrected chi connectivity index (χ0v) is 12.0. The van der Waals surface area contributed by atoms with Crippen LogP contribution in [0.5, 0.6) is 5.75 Å². The first-order valence-electron chi connectivity index (χ1n) is 6.16. The van der Waals surface area contributed by atoms with Crippen molar-refractivity contribution < 1.29 is 14.3 Å². The molecule has 0 fully saturated rings. The molecule has 1 rings (SSSR count). The smallest absolute Gasteiger partial charge is 0.122 e. The highest BCUT2D eigenvalue weighted by Crippen LogP contribution is 2.14. The van der Waals surface area contributed by atoms with Gasteiger partial charge >= 0.3 is 0 Å². The minimum atomic E-state index is -0.131. The summed E-state index contributed by atoms with van der Waals surface area (Å²) in [4.78, 5) is 10.6. The van der Waals surface area contributed by atoms with Crippen LogP contribution in [0.2, 0.25) is 0 Å². The maximum Gasteiger partial charge on any atom is 0.122 e. The van der Waals surface area contributed by atoms with Crippen LogP contribution in [0.1, 0.15) is 25.3 Å². The molecular weight excluding hydrogens is 264 g/mol. The Morgan fingerprint density at radius 1 is 1.32 bits per heavy atom. The molecule has 0 heterocycles. The molecule has 3 nitrogen and oxygen atoms in total. The maximum atomic E-state index is 10.6. The number of carbonyl (C=O) groups excluding carboxylic acids is 1. The molecule has 0 N–H and O–H groups in total. The zero-order valence-electron chi connectivity index (χ0n) is 11.3. The van der Waals surface area contributed by atoms with Gasteiger partial charge in [-0.1, -0.05) is 29.8 Å². The van der Waals surface area contributed by atoms with Crippen molar-refractivity contribution >= 4 is 17.9 Å². The predicted molar refractivity (Wildman–Crippen MR) is 76.5 cm³/mol. The Morgan fingerprint density at radius 2 is 2.00 bits per heavy atom. The summed E-state index contributed by atoms with van der Waals surface area (Å²) in [7, 11) is 1.63. The fourth-order valence-corrected chi connectivity index (χ4v) is 1.66. The molecule has 0 aromatic heterocycles. The second-order valence-corrected chi connectivity index (χ2v) is 4.81. The van der Waals surface area contributed by atoms with Gasteiger partial charge in [0.15, 0.2) is 0 Å². The first kappa shape index (κ1) is 15.7. The Kier molecular flexibility index (Phi) is 7.23. The van der Waals surface area contributed by atoms with Crippen LogP contribution in [0.4, 0.5) is 0 Å². The van der Waals surface area contributed by atoms with Crippen molar-refractivity contribution in [1.82, 2.24) is 0 Å². The predicted octanol–water partition coefficient (Wildman–Crippen LogP) is 3.70. The standard InChI is InChI=1S/C15H19ClO3/c1-12(16)3-6-15(9-10-17)19-11-13-4-7-14(18-2)8-5-13/h3-5,7-8,10,15H,6,9,11H2,1-2H3/t15-/m0/s1. The lowest BCUT2D eigenvalue weighted by Gasteiger charge is -2.14. The van der Waals surface area contributed by atoms with E-state index in [2.05, 4.69) is 0 Å². The third kappa shape index (κ3) is 6.41. The van der Waals surface area contributed by atoms with Gasteiger partial charge in [-0.05, 0) is 31.0 Å². The van der Waals surface area contributed by atoms with Crippen LogP contribution in [0.15, 0.2) is 35.4 Å². The Hall–Kier alpha value is -1.32. The number of rotatable bonds is 8. The van der Waals surface area contributed by atoms with Crippen molar-refractivity contribution in [3.63, 3.8) is 0 Å². The normalized spacial score (nSPS) is 13.1. The summed E-state index contributed by atoms with van der Waals surface area (Å²) in [6.45, 7) is 2.28. The number of aldehydes is 1. The van der Waals surface area contributed by atoms with Gasteiger partial charge in [0.2, 0.25) is 0 Å². The first-order valence-corrected chi connectivity index (χ1v) is 6.54. The Morgan fingerprint density at radius 3 is 2.53 bits per heavy atom. The quantitative estimate of drug-likeness (QED) is 0.682. The van der Waals surface area contributed by atoms with Gasteiger partial charge in [0.25, 0.3) is 0 Å². The molecular formula is C15H19ClO3. The van der Waals surface area contributed by atoms with Crippen LogP contribution in [-0.2, 0) is 16.1 Å². The highest BCUT2D eigenvalue weighted by atomic mass is 35.5. The van der Waals surface area contributed by atoms with Gasteiger partial charge in [-0.2, -0.15) is 0 Å². The van der Waals surface area contributed by atoms with E-state index in [1.165, 1.54) is 0 Å². The van der Waals surface area contributed by atoms with Gasteiger partial charge in [-0.3, -0.25) is 0 Å². The number of ether oxygens (including phenoxy) is 2. The summed E-state index contributed by atoms with van der Waals surface area (Å²) in [5, 5.41) is 0.712. The van der Waals surface area contributed by atoms with Gasteiger partial charge in [0.05, 0.1) is 19.8 Å². The summed E-state index contributed by atoms with van der Waals surface area (Å²) >= 11 is 5.78. The monoisotopic (exact) mass is 282 g/mol. The Labute approximate surface area is 119 Å². The van der Waals surface area contributed by atoms with E-state index in [1.807, 2.05) is 37.3 Å². The molecule has 0 amide bonds. The lowest BCUT2D eigenvalue weighted by atomic mass is 10.2. The number of halogens is 1. The average molecular weight is 283 g/mol. The highest BCUT2D eigenvalue weighted by molar-refractivity contribution is 6.29. The Balaban J connectivity index is 2.49. The van der Waals surface area contributed by atoms with Crippen molar-refractivity contribution in [2.45, 2.75) is 32.5 Å². The molecule has 104 valence electrons. The van der Waals surface area contributed by atoms with Gasteiger partial charge in [-0.15, -0.1) is 0 Å². The van der Waals surface area contributed by atoms with Crippen molar-refractivity contribution in [3.8, 4) is 5.75 Å². The number of benzene rings is 1. The van der Waals surface area contributed by atoms with E-state index < -0.39 is 0 Å². The molecule has 0 unspecified atom stereocenters. The lowest BCUT2D eigenvalue weighted by molar-refractivity contribution is -0.110. The molecule has 0 spiro atoms. The van der Waals surface area contributed by atoms with E-state index in [9.17, 15) is 4.79 Å². The molecule has 0 aliphatic heterocycles. The third-order valence-corrected chi connectivity index (χ3v) is 2.82. The van der Waals surface area contributed by atoms with Gasteiger partial charge in [-0.25, -0.2) is 0 Å². The van der Waals surface area contributed by atoms with Crippen molar-refractivity contribution in [3.05, 3.63) is 40.9 Å². The number of methoxy groups -OCH3 is 1. The van der Waals surface area contributed by atoms with Crippen LogP contribution in [0, 0.1) is 0 Å². The summed E-state index contributed by atoms with van der Waals surface area (Å²) in [6, 6.07) is 7.66. The van der Waals surface area contributed by atoms with E-state index in [1.54, 1.807) is 7.11 Å². The molecule has 1 aromatic rings. The molecule has 19 heavy (non-hydrogen) atoms. The molecule has 0 aliphatic rings. The van der Waals surface area contributed by atoms with E-state index in [-0.39, 0.29) is 6.10 Å². The summed E-state index contributed by atoms with van der Waals surface area (Å²) in [6.07, 6.45) is 3.62. The average Bonchev–Trinajstić information content (AvgIpc) is 2.42. The molecule has 0 saturated heterocycles. The Bertz CT molecular complexity index is 408. The SMILES string of the molecule is COc1ccc(CO[C@H](CC=O)CC=C(C)Cl)cc1. The van der Waals surface area contributed by atoms with Crippen LogP contribution in [-0.4, -0.2) is 19.5 Å². The molecule has 0 radical (unpaired) electrons. The van der Waals surface area contributed by atoms with Gasteiger partial charge in [0.1, 0.15) is 12.0 Å². The number of hydrogen-bond acceptors (Lipinski definition) is 3. The zero-order chi connectivity index (χ0) is 14.1. The minimum absolute atomic E-state index is 0.131. The summed E-state index contributed by atoms with van der Waals surface area (Å²) in [5.41, 5.74) is 1.04. The van der Waals surface area contributed by atoms with Crippen LogP contribution >= 0.6 is 11.6 Å². The molecule has 0 bridgehead atoms. The number of carbonyl (C=O) groups is 1. The van der Waals surface area contributed by atoms with Gasteiger partial charge in [0, 0.05) is 11.5 Å². The summed E-state index contributed by atoms with van der Waals surface area (Å²) in [5.74, 6) is 0.814. The molecule has 1 atom stereocenters. The minimum Gasteiger partial charge on any atom is -0.497 e. The number of allylic oxidation sites excluding steroid dienone is 1.